The molecule has 0 saturated carbocycles. The average molecular weight is 235 g/mol. The molecule has 0 aliphatic heterocycles. The molecule has 2 nitrogen and oxygen atoms in total. The van der Waals surface area contributed by atoms with Crippen LogP contribution in [0.1, 0.15) is 44.2 Å². The maximum absolute atomic E-state index is 9.94. The van der Waals surface area contributed by atoms with E-state index >= 15 is 0 Å². The highest BCUT2D eigenvalue weighted by Gasteiger charge is 2.17. The van der Waals surface area contributed by atoms with E-state index in [4.69, 9.17) is 0 Å². The summed E-state index contributed by atoms with van der Waals surface area (Å²) >= 11 is 1.73. The fourth-order valence-electron chi connectivity index (χ4n) is 1.57. The van der Waals surface area contributed by atoms with Crippen molar-refractivity contribution in [3.05, 3.63) is 28.8 Å². The van der Waals surface area contributed by atoms with E-state index in [9.17, 15) is 5.11 Å². The molecule has 0 bridgehead atoms. The van der Waals surface area contributed by atoms with Crippen LogP contribution in [0.3, 0.4) is 0 Å². The Kier molecular flexibility index (Phi) is 2.76. The van der Waals surface area contributed by atoms with E-state index in [0.29, 0.717) is 5.92 Å². The summed E-state index contributed by atoms with van der Waals surface area (Å²) in [5.74, 6) is 0.461. The number of benzene rings is 1. The number of nitrogens with zero attached hydrogens (tertiary/aromatic N) is 1. The molecule has 16 heavy (non-hydrogen) atoms. The Balaban J connectivity index is 2.54. The van der Waals surface area contributed by atoms with Gasteiger partial charge in [-0.3, -0.25) is 0 Å². The first-order chi connectivity index (χ1) is 7.38. The molecule has 0 aliphatic rings. The molecular weight excluding hydrogens is 218 g/mol. The fraction of sp³-hybridized carbons (Fsp3) is 0.462. The monoisotopic (exact) mass is 235 g/mol. The van der Waals surface area contributed by atoms with Crippen molar-refractivity contribution in [2.24, 2.45) is 0 Å². The molecule has 86 valence electrons. The topological polar surface area (TPSA) is 33.1 Å². The third-order valence-corrected chi connectivity index (χ3v) is 3.94. The van der Waals surface area contributed by atoms with Gasteiger partial charge in [0.1, 0.15) is 0 Å². The Bertz CT molecular complexity index is 508. The van der Waals surface area contributed by atoms with Crippen molar-refractivity contribution in [1.29, 1.82) is 0 Å². The highest BCUT2D eigenvalue weighted by atomic mass is 32.1. The number of hydrogen-bond acceptors (Lipinski definition) is 3. The van der Waals surface area contributed by atoms with Crippen LogP contribution in [0.2, 0.25) is 0 Å². The van der Waals surface area contributed by atoms with Gasteiger partial charge >= 0.3 is 0 Å². The maximum atomic E-state index is 9.94. The van der Waals surface area contributed by atoms with Crippen LogP contribution in [0.15, 0.2) is 18.2 Å². The molecule has 0 atom stereocenters. The first-order valence-corrected chi connectivity index (χ1v) is 6.33. The molecule has 1 aromatic carbocycles. The Morgan fingerprint density at radius 2 is 2.00 bits per heavy atom. The molecule has 1 N–H and O–H groups in total. The minimum atomic E-state index is -0.796. The van der Waals surface area contributed by atoms with E-state index in [0.717, 1.165) is 16.1 Å². The van der Waals surface area contributed by atoms with Gasteiger partial charge < -0.3 is 5.11 Å². The molecule has 0 unspecified atom stereocenters. The summed E-state index contributed by atoms with van der Waals surface area (Å²) in [5, 5.41) is 11.1. The fourth-order valence-corrected chi connectivity index (χ4v) is 2.52. The van der Waals surface area contributed by atoms with Crippen molar-refractivity contribution < 1.29 is 5.11 Å². The van der Waals surface area contributed by atoms with Gasteiger partial charge in [0.2, 0.25) is 0 Å². The van der Waals surface area contributed by atoms with Crippen molar-refractivity contribution in [2.45, 2.75) is 39.2 Å². The average Bonchev–Trinajstić information content (AvgIpc) is 2.58. The number of rotatable bonds is 2. The van der Waals surface area contributed by atoms with Gasteiger partial charge in [-0.2, -0.15) is 0 Å². The summed E-state index contributed by atoms with van der Waals surface area (Å²) in [5.41, 5.74) is 1.12. The molecule has 0 fully saturated rings. The smallest absolute Gasteiger partial charge is 0.0963 e. The van der Waals surface area contributed by atoms with Crippen molar-refractivity contribution in [3.63, 3.8) is 0 Å². The largest absolute Gasteiger partial charge is 0.386 e. The second kappa shape index (κ2) is 3.82. The third kappa shape index (κ3) is 2.11. The van der Waals surface area contributed by atoms with Crippen LogP contribution < -0.4 is 0 Å². The third-order valence-electron chi connectivity index (χ3n) is 2.60. The molecule has 0 amide bonds. The first-order valence-electron chi connectivity index (χ1n) is 5.51. The van der Waals surface area contributed by atoms with E-state index in [2.05, 4.69) is 18.8 Å². The van der Waals surface area contributed by atoms with E-state index < -0.39 is 5.60 Å². The van der Waals surface area contributed by atoms with E-state index in [1.807, 2.05) is 18.2 Å². The summed E-state index contributed by atoms with van der Waals surface area (Å²) < 4.78 is 1.19. The van der Waals surface area contributed by atoms with E-state index in [1.54, 1.807) is 25.2 Å². The molecule has 2 aromatic rings. The minimum absolute atomic E-state index is 0.461. The molecule has 2 rings (SSSR count). The standard InChI is InChI=1S/C13H17NOS/c1-8(2)12-14-10-7-9(13(3,4)15)5-6-11(10)16-12/h5-8,15H,1-4H3. The van der Waals surface area contributed by atoms with Crippen LogP contribution in [0, 0.1) is 0 Å². The lowest BCUT2D eigenvalue weighted by atomic mass is 9.98. The highest BCUT2D eigenvalue weighted by Crippen LogP contribution is 2.30. The van der Waals surface area contributed by atoms with E-state index in [1.165, 1.54) is 4.70 Å². The lowest BCUT2D eigenvalue weighted by molar-refractivity contribution is 0.0787. The molecular formula is C13H17NOS. The second-order valence-electron chi connectivity index (χ2n) is 4.95. The van der Waals surface area contributed by atoms with Gasteiger partial charge in [0, 0.05) is 5.92 Å². The van der Waals surface area contributed by atoms with Gasteiger partial charge in [0.05, 0.1) is 20.8 Å². The Morgan fingerprint density at radius 1 is 1.31 bits per heavy atom. The van der Waals surface area contributed by atoms with E-state index in [-0.39, 0.29) is 0 Å². The summed E-state index contributed by atoms with van der Waals surface area (Å²) in [6, 6.07) is 6.01. The Labute approximate surface area is 100.0 Å². The van der Waals surface area contributed by atoms with Crippen LogP contribution in [0.25, 0.3) is 10.2 Å². The molecule has 0 saturated heterocycles. The molecule has 3 heteroatoms. The number of hydrogen-bond donors (Lipinski definition) is 1. The van der Waals surface area contributed by atoms with Gasteiger partial charge in [0.15, 0.2) is 0 Å². The summed E-state index contributed by atoms with van der Waals surface area (Å²) in [4.78, 5) is 4.59. The summed E-state index contributed by atoms with van der Waals surface area (Å²) in [7, 11) is 0. The van der Waals surface area contributed by atoms with Crippen LogP contribution in [0.4, 0.5) is 0 Å². The molecule has 1 aromatic heterocycles. The SMILES string of the molecule is CC(C)c1nc2cc(C(C)(C)O)ccc2s1. The zero-order chi connectivity index (χ0) is 11.9. The quantitative estimate of drug-likeness (QED) is 0.862. The summed E-state index contributed by atoms with van der Waals surface area (Å²) in [6.07, 6.45) is 0. The zero-order valence-electron chi connectivity index (χ0n) is 10.1. The van der Waals surface area contributed by atoms with Gasteiger partial charge in [-0.15, -0.1) is 11.3 Å². The van der Waals surface area contributed by atoms with Gasteiger partial charge in [-0.25, -0.2) is 4.98 Å². The highest BCUT2D eigenvalue weighted by molar-refractivity contribution is 7.18. The van der Waals surface area contributed by atoms with Gasteiger partial charge in [0.25, 0.3) is 0 Å². The number of fused-ring (bicyclic) bond motifs is 1. The van der Waals surface area contributed by atoms with Gasteiger partial charge in [-0.05, 0) is 31.5 Å². The maximum Gasteiger partial charge on any atom is 0.0963 e. The lowest BCUT2D eigenvalue weighted by Gasteiger charge is -2.17. The zero-order valence-corrected chi connectivity index (χ0v) is 10.9. The molecule has 1 heterocycles. The van der Waals surface area contributed by atoms with Gasteiger partial charge in [-0.1, -0.05) is 19.9 Å². The number of aliphatic hydroxyl groups is 1. The lowest BCUT2D eigenvalue weighted by Crippen LogP contribution is -2.14. The molecule has 0 spiro atoms. The Hall–Kier alpha value is -0.930. The molecule has 0 radical (unpaired) electrons. The van der Waals surface area contributed by atoms with Crippen LogP contribution >= 0.6 is 11.3 Å². The predicted molar refractivity (Wildman–Crippen MR) is 69.0 cm³/mol. The first kappa shape index (κ1) is 11.6. The van der Waals surface area contributed by atoms with Crippen molar-refractivity contribution in [2.75, 3.05) is 0 Å². The van der Waals surface area contributed by atoms with Crippen molar-refractivity contribution >= 4 is 21.6 Å². The number of thiazole rings is 1. The number of aromatic nitrogens is 1. The molecule has 0 aliphatic carbocycles. The van der Waals surface area contributed by atoms with Crippen LogP contribution in [-0.4, -0.2) is 10.1 Å². The summed E-state index contributed by atoms with van der Waals surface area (Å²) in [6.45, 7) is 7.89. The van der Waals surface area contributed by atoms with Crippen molar-refractivity contribution in [3.8, 4) is 0 Å². The van der Waals surface area contributed by atoms with Crippen LogP contribution in [0.5, 0.6) is 0 Å². The Morgan fingerprint density at radius 3 is 2.56 bits per heavy atom. The normalized spacial score (nSPS) is 12.6. The van der Waals surface area contributed by atoms with Crippen molar-refractivity contribution in [1.82, 2.24) is 4.98 Å². The second-order valence-corrected chi connectivity index (χ2v) is 6.01. The minimum Gasteiger partial charge on any atom is -0.386 e. The predicted octanol–water partition coefficient (Wildman–Crippen LogP) is 3.65. The van der Waals surface area contributed by atoms with Crippen LogP contribution in [-0.2, 0) is 5.60 Å².